The highest BCUT2D eigenvalue weighted by atomic mass is 16.3. The fraction of sp³-hybridized carbons (Fsp3) is 0.458. The van der Waals surface area contributed by atoms with Crippen LogP contribution in [0.5, 0.6) is 5.75 Å². The summed E-state index contributed by atoms with van der Waals surface area (Å²) in [6.45, 7) is 11.0. The van der Waals surface area contributed by atoms with Crippen LogP contribution >= 0.6 is 0 Å². The monoisotopic (exact) mass is 395 g/mol. The van der Waals surface area contributed by atoms with Crippen LogP contribution in [0.4, 0.5) is 0 Å². The van der Waals surface area contributed by atoms with E-state index in [0.29, 0.717) is 24.2 Å². The summed E-state index contributed by atoms with van der Waals surface area (Å²) in [6.07, 6.45) is 0. The van der Waals surface area contributed by atoms with Crippen molar-refractivity contribution in [2.45, 2.75) is 51.9 Å². The summed E-state index contributed by atoms with van der Waals surface area (Å²) < 4.78 is 0. The van der Waals surface area contributed by atoms with Gasteiger partial charge >= 0.3 is 0 Å². The van der Waals surface area contributed by atoms with Crippen molar-refractivity contribution in [2.75, 3.05) is 19.6 Å². The first-order valence-corrected chi connectivity index (χ1v) is 10.6. The zero-order valence-corrected chi connectivity index (χ0v) is 17.9. The molecule has 0 saturated carbocycles. The van der Waals surface area contributed by atoms with Crippen LogP contribution in [0.25, 0.3) is 0 Å². The molecule has 0 bridgehead atoms. The van der Waals surface area contributed by atoms with E-state index in [1.165, 1.54) is 0 Å². The van der Waals surface area contributed by atoms with Gasteiger partial charge in [-0.15, -0.1) is 0 Å². The van der Waals surface area contributed by atoms with Gasteiger partial charge in [0.1, 0.15) is 5.75 Å². The molecule has 2 N–H and O–H groups in total. The molecule has 4 unspecified atom stereocenters. The molecule has 1 heterocycles. The van der Waals surface area contributed by atoms with Gasteiger partial charge in [-0.25, -0.2) is 0 Å². The number of rotatable bonds is 6. The Balaban J connectivity index is 1.96. The van der Waals surface area contributed by atoms with Crippen molar-refractivity contribution < 1.29 is 9.90 Å². The Morgan fingerprint density at radius 1 is 1.14 bits per heavy atom. The predicted molar refractivity (Wildman–Crippen MR) is 117 cm³/mol. The summed E-state index contributed by atoms with van der Waals surface area (Å²) in [5, 5.41) is 13.7. The number of phenols is 1. The van der Waals surface area contributed by atoms with Gasteiger partial charge in [0, 0.05) is 43.3 Å². The van der Waals surface area contributed by atoms with E-state index < -0.39 is 0 Å². The first kappa shape index (κ1) is 21.3. The molecule has 1 amide bonds. The fourth-order valence-electron chi connectivity index (χ4n) is 4.63. The summed E-state index contributed by atoms with van der Waals surface area (Å²) in [5.74, 6) is 0.301. The van der Waals surface area contributed by atoms with E-state index in [1.807, 2.05) is 54.3 Å². The van der Waals surface area contributed by atoms with Gasteiger partial charge in [0.25, 0.3) is 5.91 Å². The smallest absolute Gasteiger partial charge is 0.254 e. The number of hydrogen-bond donors (Lipinski definition) is 2. The zero-order valence-electron chi connectivity index (χ0n) is 17.9. The predicted octanol–water partition coefficient (Wildman–Crippen LogP) is 3.67. The van der Waals surface area contributed by atoms with Gasteiger partial charge in [0.15, 0.2) is 0 Å². The Bertz CT molecular complexity index is 801. The summed E-state index contributed by atoms with van der Waals surface area (Å²) >= 11 is 0. The SMILES string of the molecule is CCN(C(=O)c1ccccc1)C(C)C(c1cccc(O)c1)N1CC(C)NC(C)C1. The highest BCUT2D eigenvalue weighted by Crippen LogP contribution is 2.32. The van der Waals surface area contributed by atoms with E-state index in [1.54, 1.807) is 6.07 Å². The van der Waals surface area contributed by atoms with Gasteiger partial charge in [0.2, 0.25) is 0 Å². The standard InChI is InChI=1S/C24H33N3O2/c1-5-27(24(29)20-10-7-6-8-11-20)19(4)23(21-12-9-13-22(28)14-21)26-15-17(2)25-18(3)16-26/h6-14,17-19,23,25,28H,5,15-16H2,1-4H3. The average Bonchev–Trinajstić information content (AvgIpc) is 2.68. The topological polar surface area (TPSA) is 55.8 Å². The maximum absolute atomic E-state index is 13.3. The molecule has 2 aromatic rings. The number of phenolic OH excluding ortho intramolecular Hbond substituents is 1. The first-order valence-electron chi connectivity index (χ1n) is 10.6. The number of piperazine rings is 1. The molecule has 1 saturated heterocycles. The highest BCUT2D eigenvalue weighted by molar-refractivity contribution is 5.94. The molecule has 5 nitrogen and oxygen atoms in total. The van der Waals surface area contributed by atoms with Crippen LogP contribution in [0.1, 0.15) is 49.7 Å². The van der Waals surface area contributed by atoms with Gasteiger partial charge in [-0.3, -0.25) is 9.69 Å². The number of nitrogens with zero attached hydrogens (tertiary/aromatic N) is 2. The summed E-state index contributed by atoms with van der Waals surface area (Å²) in [6, 6.07) is 17.6. The number of hydrogen-bond acceptors (Lipinski definition) is 4. The molecule has 0 spiro atoms. The number of nitrogens with one attached hydrogen (secondary N) is 1. The van der Waals surface area contributed by atoms with Crippen molar-refractivity contribution in [3.8, 4) is 5.75 Å². The number of likely N-dealkylation sites (N-methyl/N-ethyl adjacent to an activating group) is 1. The zero-order chi connectivity index (χ0) is 21.0. The van der Waals surface area contributed by atoms with Crippen LogP contribution in [0.3, 0.4) is 0 Å². The molecule has 1 aliphatic rings. The van der Waals surface area contributed by atoms with Gasteiger partial charge in [-0.1, -0.05) is 30.3 Å². The molecule has 1 fully saturated rings. The number of carbonyl (C=O) groups is 1. The third-order valence-electron chi connectivity index (χ3n) is 5.76. The van der Waals surface area contributed by atoms with Crippen molar-refractivity contribution in [1.29, 1.82) is 0 Å². The molecule has 0 aliphatic carbocycles. The number of carbonyl (C=O) groups excluding carboxylic acids is 1. The Kier molecular flexibility index (Phi) is 6.93. The fourth-order valence-corrected chi connectivity index (χ4v) is 4.63. The minimum atomic E-state index is -0.0491. The Labute approximate surface area is 174 Å². The lowest BCUT2D eigenvalue weighted by Gasteiger charge is -2.45. The van der Waals surface area contributed by atoms with Gasteiger partial charge in [0.05, 0.1) is 6.04 Å². The minimum Gasteiger partial charge on any atom is -0.508 e. The lowest BCUT2D eigenvalue weighted by molar-refractivity contribution is 0.0425. The quantitative estimate of drug-likeness (QED) is 0.784. The number of benzene rings is 2. The van der Waals surface area contributed by atoms with Crippen LogP contribution in [0.2, 0.25) is 0 Å². The molecule has 1 aliphatic heterocycles. The Morgan fingerprint density at radius 3 is 2.38 bits per heavy atom. The lowest BCUT2D eigenvalue weighted by atomic mass is 9.94. The second kappa shape index (κ2) is 9.42. The molecular formula is C24H33N3O2. The van der Waals surface area contributed by atoms with Crippen LogP contribution in [-0.2, 0) is 0 Å². The minimum absolute atomic E-state index is 0.00159. The van der Waals surface area contributed by atoms with Gasteiger partial charge in [-0.05, 0) is 57.5 Å². The van der Waals surface area contributed by atoms with E-state index in [0.717, 1.165) is 18.7 Å². The summed E-state index contributed by atoms with van der Waals surface area (Å²) in [4.78, 5) is 17.7. The molecule has 5 heteroatoms. The highest BCUT2D eigenvalue weighted by Gasteiger charge is 2.35. The van der Waals surface area contributed by atoms with E-state index in [9.17, 15) is 9.90 Å². The largest absolute Gasteiger partial charge is 0.508 e. The van der Waals surface area contributed by atoms with Crippen LogP contribution in [0, 0.1) is 0 Å². The molecule has 3 rings (SSSR count). The second-order valence-electron chi connectivity index (χ2n) is 8.16. The number of aromatic hydroxyl groups is 1. The van der Waals surface area contributed by atoms with Gasteiger partial charge in [-0.2, -0.15) is 0 Å². The molecule has 29 heavy (non-hydrogen) atoms. The third kappa shape index (κ3) is 4.98. The molecule has 156 valence electrons. The van der Waals surface area contributed by atoms with E-state index in [-0.39, 0.29) is 23.7 Å². The lowest BCUT2D eigenvalue weighted by Crippen LogP contribution is -2.58. The molecular weight excluding hydrogens is 362 g/mol. The molecule has 2 aromatic carbocycles. The Hall–Kier alpha value is -2.37. The van der Waals surface area contributed by atoms with Crippen molar-refractivity contribution in [2.24, 2.45) is 0 Å². The normalized spacial score (nSPS) is 22.1. The summed E-state index contributed by atoms with van der Waals surface area (Å²) in [5.41, 5.74) is 1.75. The van der Waals surface area contributed by atoms with Crippen molar-refractivity contribution in [3.63, 3.8) is 0 Å². The molecule has 4 atom stereocenters. The Morgan fingerprint density at radius 2 is 1.79 bits per heavy atom. The first-order chi connectivity index (χ1) is 13.9. The molecule has 0 aromatic heterocycles. The summed E-state index contributed by atoms with van der Waals surface area (Å²) in [7, 11) is 0. The van der Waals surface area contributed by atoms with Crippen LogP contribution < -0.4 is 5.32 Å². The second-order valence-corrected chi connectivity index (χ2v) is 8.16. The van der Waals surface area contributed by atoms with Crippen LogP contribution in [0.15, 0.2) is 54.6 Å². The van der Waals surface area contributed by atoms with Crippen molar-refractivity contribution in [1.82, 2.24) is 15.1 Å². The van der Waals surface area contributed by atoms with Crippen LogP contribution in [-0.4, -0.2) is 58.6 Å². The average molecular weight is 396 g/mol. The van der Waals surface area contributed by atoms with E-state index in [2.05, 4.69) is 37.1 Å². The maximum Gasteiger partial charge on any atom is 0.254 e. The number of amides is 1. The molecule has 0 radical (unpaired) electrons. The van der Waals surface area contributed by atoms with Gasteiger partial charge < -0.3 is 15.3 Å². The van der Waals surface area contributed by atoms with Crippen molar-refractivity contribution in [3.05, 3.63) is 65.7 Å². The maximum atomic E-state index is 13.3. The van der Waals surface area contributed by atoms with E-state index in [4.69, 9.17) is 0 Å². The third-order valence-corrected chi connectivity index (χ3v) is 5.76. The van der Waals surface area contributed by atoms with E-state index >= 15 is 0 Å². The van der Waals surface area contributed by atoms with Crippen molar-refractivity contribution >= 4 is 5.91 Å².